The molecule has 1 aliphatic carbocycles. The average molecular weight is 221 g/mol. The van der Waals surface area contributed by atoms with Gasteiger partial charge in [0.25, 0.3) is 0 Å². The molecule has 2 atom stereocenters. The van der Waals surface area contributed by atoms with Gasteiger partial charge in [-0.15, -0.1) is 0 Å². The molecule has 0 bridgehead atoms. The highest BCUT2D eigenvalue weighted by atomic mass is 19.1. The Morgan fingerprint density at radius 2 is 1.88 bits per heavy atom. The van der Waals surface area contributed by atoms with Gasteiger partial charge in [-0.2, -0.15) is 0 Å². The van der Waals surface area contributed by atoms with Crippen molar-refractivity contribution in [3.8, 4) is 0 Å². The fraction of sp³-hybridized carbons (Fsp3) is 0.571. The van der Waals surface area contributed by atoms with E-state index in [0.29, 0.717) is 11.5 Å². The zero-order chi connectivity index (χ0) is 11.8. The molecule has 2 heteroatoms. The van der Waals surface area contributed by atoms with Crippen molar-refractivity contribution >= 4 is 0 Å². The molecule has 1 nitrogen and oxygen atoms in total. The molecular formula is C14H20FN. The summed E-state index contributed by atoms with van der Waals surface area (Å²) in [6.45, 7) is 6.52. The molecular weight excluding hydrogens is 201 g/mol. The summed E-state index contributed by atoms with van der Waals surface area (Å²) in [5.74, 6) is -0.115. The predicted octanol–water partition coefficient (Wildman–Crippen LogP) is 3.66. The van der Waals surface area contributed by atoms with Crippen molar-refractivity contribution in [3.63, 3.8) is 0 Å². The second-order valence-electron chi connectivity index (χ2n) is 5.29. The maximum absolute atomic E-state index is 13.6. The van der Waals surface area contributed by atoms with Crippen LogP contribution in [0.2, 0.25) is 0 Å². The summed E-state index contributed by atoms with van der Waals surface area (Å²) in [6.07, 6.45) is 2.57. The van der Waals surface area contributed by atoms with Crippen LogP contribution in [-0.4, -0.2) is 6.04 Å². The van der Waals surface area contributed by atoms with E-state index in [9.17, 15) is 4.39 Å². The fourth-order valence-corrected chi connectivity index (χ4v) is 2.12. The standard InChI is InChI=1S/C14H20FN/c1-10(12-6-4-5-7-13(12)15)16-11(2)14(3)8-9-14/h4-7,10-11,16H,8-9H2,1-3H3/t10-,11?/m1/s1. The summed E-state index contributed by atoms with van der Waals surface area (Å²) in [6, 6.07) is 7.53. The average Bonchev–Trinajstić information content (AvgIpc) is 2.98. The Labute approximate surface area is 97.1 Å². The third kappa shape index (κ3) is 2.27. The van der Waals surface area contributed by atoms with Crippen LogP contribution in [0.3, 0.4) is 0 Å². The third-order valence-electron chi connectivity index (χ3n) is 3.96. The van der Waals surface area contributed by atoms with Gasteiger partial charge in [-0.3, -0.25) is 0 Å². The van der Waals surface area contributed by atoms with Crippen LogP contribution in [-0.2, 0) is 0 Å². The molecule has 0 aromatic heterocycles. The van der Waals surface area contributed by atoms with E-state index in [0.717, 1.165) is 5.56 Å². The lowest BCUT2D eigenvalue weighted by Gasteiger charge is -2.25. The van der Waals surface area contributed by atoms with E-state index in [2.05, 4.69) is 19.2 Å². The minimum Gasteiger partial charge on any atom is -0.307 e. The predicted molar refractivity (Wildman–Crippen MR) is 64.8 cm³/mol. The van der Waals surface area contributed by atoms with Crippen molar-refractivity contribution in [1.29, 1.82) is 0 Å². The van der Waals surface area contributed by atoms with E-state index in [1.807, 2.05) is 19.1 Å². The second-order valence-corrected chi connectivity index (χ2v) is 5.29. The summed E-state index contributed by atoms with van der Waals surface area (Å²) in [4.78, 5) is 0. The largest absolute Gasteiger partial charge is 0.307 e. The van der Waals surface area contributed by atoms with E-state index in [1.165, 1.54) is 18.9 Å². The molecule has 88 valence electrons. The monoisotopic (exact) mass is 221 g/mol. The number of benzene rings is 1. The minimum absolute atomic E-state index is 0.0774. The van der Waals surface area contributed by atoms with E-state index in [-0.39, 0.29) is 11.9 Å². The quantitative estimate of drug-likeness (QED) is 0.818. The van der Waals surface area contributed by atoms with Crippen LogP contribution in [0.25, 0.3) is 0 Å². The normalized spacial score (nSPS) is 21.5. The van der Waals surface area contributed by atoms with Crippen LogP contribution in [0.4, 0.5) is 4.39 Å². The maximum atomic E-state index is 13.6. The van der Waals surface area contributed by atoms with E-state index >= 15 is 0 Å². The molecule has 0 spiro atoms. The lowest BCUT2D eigenvalue weighted by molar-refractivity contribution is 0.346. The van der Waals surface area contributed by atoms with Gasteiger partial charge in [0.15, 0.2) is 0 Å². The molecule has 1 fully saturated rings. The molecule has 1 saturated carbocycles. The fourth-order valence-electron chi connectivity index (χ4n) is 2.12. The first-order valence-electron chi connectivity index (χ1n) is 6.03. The Bertz CT molecular complexity index is 371. The number of halogens is 1. The second kappa shape index (κ2) is 4.17. The number of hydrogen-bond acceptors (Lipinski definition) is 1. The zero-order valence-electron chi connectivity index (χ0n) is 10.3. The van der Waals surface area contributed by atoms with Gasteiger partial charge in [0.2, 0.25) is 0 Å². The molecule has 0 radical (unpaired) electrons. The van der Waals surface area contributed by atoms with E-state index in [4.69, 9.17) is 0 Å². The number of hydrogen-bond donors (Lipinski definition) is 1. The highest BCUT2D eigenvalue weighted by Gasteiger charge is 2.42. The van der Waals surface area contributed by atoms with Crippen LogP contribution in [0.5, 0.6) is 0 Å². The Balaban J connectivity index is 2.03. The maximum Gasteiger partial charge on any atom is 0.127 e. The molecule has 2 rings (SSSR count). The Kier molecular flexibility index (Phi) is 3.02. The zero-order valence-corrected chi connectivity index (χ0v) is 10.3. The molecule has 0 heterocycles. The first kappa shape index (κ1) is 11.6. The molecule has 1 aliphatic rings. The number of rotatable bonds is 4. The molecule has 16 heavy (non-hydrogen) atoms. The van der Waals surface area contributed by atoms with Gasteiger partial charge in [-0.25, -0.2) is 4.39 Å². The summed E-state index contributed by atoms with van der Waals surface area (Å²) < 4.78 is 13.6. The summed E-state index contributed by atoms with van der Waals surface area (Å²) >= 11 is 0. The van der Waals surface area contributed by atoms with E-state index < -0.39 is 0 Å². The Hall–Kier alpha value is -0.890. The molecule has 1 unspecified atom stereocenters. The summed E-state index contributed by atoms with van der Waals surface area (Å²) in [5, 5.41) is 3.50. The molecule has 0 amide bonds. The van der Waals surface area contributed by atoms with Crippen molar-refractivity contribution in [1.82, 2.24) is 5.32 Å². The number of nitrogens with one attached hydrogen (secondary N) is 1. The highest BCUT2D eigenvalue weighted by molar-refractivity contribution is 5.21. The first-order chi connectivity index (χ1) is 7.53. The van der Waals surface area contributed by atoms with Crippen molar-refractivity contribution in [2.75, 3.05) is 0 Å². The van der Waals surface area contributed by atoms with Crippen LogP contribution in [0, 0.1) is 11.2 Å². The minimum atomic E-state index is -0.115. The lowest BCUT2D eigenvalue weighted by Crippen LogP contribution is -2.35. The van der Waals surface area contributed by atoms with Gasteiger partial charge < -0.3 is 5.32 Å². The molecule has 1 aromatic rings. The van der Waals surface area contributed by atoms with Crippen molar-refractivity contribution < 1.29 is 4.39 Å². The van der Waals surface area contributed by atoms with Crippen molar-refractivity contribution in [3.05, 3.63) is 35.6 Å². The van der Waals surface area contributed by atoms with Crippen LogP contribution < -0.4 is 5.32 Å². The van der Waals surface area contributed by atoms with Gasteiger partial charge in [-0.05, 0) is 38.2 Å². The Morgan fingerprint density at radius 3 is 2.44 bits per heavy atom. The van der Waals surface area contributed by atoms with Crippen molar-refractivity contribution in [2.45, 2.75) is 45.7 Å². The van der Waals surface area contributed by atoms with Crippen molar-refractivity contribution in [2.24, 2.45) is 5.41 Å². The Morgan fingerprint density at radius 1 is 1.25 bits per heavy atom. The summed E-state index contributed by atoms with van der Waals surface area (Å²) in [7, 11) is 0. The van der Waals surface area contributed by atoms with Crippen LogP contribution >= 0.6 is 0 Å². The molecule has 1 aromatic carbocycles. The molecule has 1 N–H and O–H groups in total. The molecule has 0 saturated heterocycles. The third-order valence-corrected chi connectivity index (χ3v) is 3.96. The van der Waals surface area contributed by atoms with Gasteiger partial charge in [0.05, 0.1) is 0 Å². The summed E-state index contributed by atoms with van der Waals surface area (Å²) in [5.41, 5.74) is 1.19. The van der Waals surface area contributed by atoms with Gasteiger partial charge in [0, 0.05) is 17.6 Å². The van der Waals surface area contributed by atoms with Gasteiger partial charge in [-0.1, -0.05) is 25.1 Å². The van der Waals surface area contributed by atoms with Gasteiger partial charge >= 0.3 is 0 Å². The molecule has 0 aliphatic heterocycles. The van der Waals surface area contributed by atoms with E-state index in [1.54, 1.807) is 6.07 Å². The SMILES string of the molecule is CC(N[C@H](C)c1ccccc1F)C1(C)CC1. The topological polar surface area (TPSA) is 12.0 Å². The highest BCUT2D eigenvalue weighted by Crippen LogP contribution is 2.48. The first-order valence-corrected chi connectivity index (χ1v) is 6.03. The smallest absolute Gasteiger partial charge is 0.127 e. The van der Waals surface area contributed by atoms with Gasteiger partial charge in [0.1, 0.15) is 5.82 Å². The van der Waals surface area contributed by atoms with Crippen LogP contribution in [0.1, 0.15) is 45.2 Å². The lowest BCUT2D eigenvalue weighted by atomic mass is 9.98. The van der Waals surface area contributed by atoms with Crippen LogP contribution in [0.15, 0.2) is 24.3 Å².